The number of carbonyl (C=O) groups excluding carboxylic acids is 1. The fourth-order valence-corrected chi connectivity index (χ4v) is 4.14. The van der Waals surface area contributed by atoms with Crippen molar-refractivity contribution in [3.05, 3.63) is 35.4 Å². The zero-order valence-electron chi connectivity index (χ0n) is 15.7. The lowest BCUT2D eigenvalue weighted by Gasteiger charge is -2.19. The van der Waals surface area contributed by atoms with Crippen molar-refractivity contribution >= 4 is 19.5 Å². The van der Waals surface area contributed by atoms with Crippen molar-refractivity contribution in [1.82, 2.24) is 5.32 Å². The van der Waals surface area contributed by atoms with Gasteiger partial charge in [-0.25, -0.2) is 4.79 Å². The smallest absolute Gasteiger partial charge is 0.335 e. The average Bonchev–Trinajstić information content (AvgIpc) is 2.60. The topological polar surface area (TPSA) is 126 Å². The molecule has 0 saturated heterocycles. The van der Waals surface area contributed by atoms with E-state index in [-0.39, 0.29) is 31.4 Å². The van der Waals surface area contributed by atoms with Gasteiger partial charge in [-0.05, 0) is 31.5 Å². The molecule has 2 N–H and O–H groups in total. The van der Waals surface area contributed by atoms with Crippen molar-refractivity contribution in [2.24, 2.45) is 5.92 Å². The molecule has 0 unspecified atom stereocenters. The van der Waals surface area contributed by atoms with Crippen LogP contribution in [0.4, 0.5) is 0 Å². The molecule has 0 bridgehead atoms. The Kier molecular flexibility index (Phi) is 9.16. The molecule has 27 heavy (non-hydrogen) atoms. The first kappa shape index (κ1) is 22.8. The summed E-state index contributed by atoms with van der Waals surface area (Å²) in [5.74, 6) is -2.28. The number of carboxylic acid groups (broad SMARTS) is 1. The first-order chi connectivity index (χ1) is 12.8. The molecule has 9 heteroatoms. The number of carboxylic acids is 1. The van der Waals surface area contributed by atoms with Crippen LogP contribution in [0.15, 0.2) is 24.3 Å². The summed E-state index contributed by atoms with van der Waals surface area (Å²) in [5.41, 5.74) is 0.932. The van der Waals surface area contributed by atoms with Gasteiger partial charge in [0.2, 0.25) is 0 Å². The highest BCUT2D eigenvalue weighted by molar-refractivity contribution is 7.53. The maximum absolute atomic E-state index is 12.5. The normalized spacial score (nSPS) is 13.4. The third kappa shape index (κ3) is 7.14. The number of rotatable bonds is 11. The van der Waals surface area contributed by atoms with Crippen molar-refractivity contribution in [2.45, 2.75) is 39.4 Å². The van der Waals surface area contributed by atoms with Crippen LogP contribution in [0.3, 0.4) is 0 Å². The Labute approximate surface area is 159 Å². The summed E-state index contributed by atoms with van der Waals surface area (Å²) in [7, 11) is -3.25. The molecule has 0 spiro atoms. The summed E-state index contributed by atoms with van der Waals surface area (Å²) in [6, 6.07) is 7.01. The van der Waals surface area contributed by atoms with Crippen LogP contribution in [-0.4, -0.2) is 36.2 Å². The van der Waals surface area contributed by atoms with Crippen molar-refractivity contribution in [1.29, 1.82) is 5.26 Å². The van der Waals surface area contributed by atoms with E-state index in [0.29, 0.717) is 5.56 Å². The highest BCUT2D eigenvalue weighted by Gasteiger charge is 2.27. The van der Waals surface area contributed by atoms with Gasteiger partial charge >= 0.3 is 13.6 Å². The Balaban J connectivity index is 2.85. The van der Waals surface area contributed by atoms with Crippen molar-refractivity contribution < 1.29 is 28.3 Å². The minimum atomic E-state index is -3.25. The molecule has 0 aliphatic heterocycles. The Morgan fingerprint density at radius 3 is 2.22 bits per heavy atom. The quantitative estimate of drug-likeness (QED) is 0.550. The zero-order chi connectivity index (χ0) is 20.4. The molecule has 2 atom stereocenters. The monoisotopic (exact) mass is 396 g/mol. The molecule has 148 valence electrons. The first-order valence-electron chi connectivity index (χ1n) is 8.64. The predicted molar refractivity (Wildman–Crippen MR) is 99.3 cm³/mol. The van der Waals surface area contributed by atoms with Crippen LogP contribution in [0.1, 0.15) is 43.1 Å². The number of benzene rings is 1. The van der Waals surface area contributed by atoms with Gasteiger partial charge in [-0.3, -0.25) is 9.36 Å². The lowest BCUT2D eigenvalue weighted by atomic mass is 9.98. The average molecular weight is 396 g/mol. The van der Waals surface area contributed by atoms with Crippen LogP contribution in [0.25, 0.3) is 0 Å². The molecule has 0 aromatic heterocycles. The van der Waals surface area contributed by atoms with Gasteiger partial charge in [-0.15, -0.1) is 0 Å². The summed E-state index contributed by atoms with van der Waals surface area (Å²) in [6.45, 7) is 5.56. The van der Waals surface area contributed by atoms with E-state index in [2.05, 4.69) is 5.32 Å². The Morgan fingerprint density at radius 1 is 1.22 bits per heavy atom. The van der Waals surface area contributed by atoms with Gasteiger partial charge in [-0.2, -0.15) is 5.26 Å². The molecule has 1 aromatic carbocycles. The minimum absolute atomic E-state index is 0.0142. The lowest BCUT2D eigenvalue weighted by Crippen LogP contribution is -2.45. The van der Waals surface area contributed by atoms with E-state index >= 15 is 0 Å². The zero-order valence-corrected chi connectivity index (χ0v) is 16.6. The molecule has 0 saturated carbocycles. The number of hydrogen-bond acceptors (Lipinski definition) is 6. The van der Waals surface area contributed by atoms with Crippen LogP contribution in [0, 0.1) is 17.2 Å². The highest BCUT2D eigenvalue weighted by atomic mass is 31.2. The summed E-state index contributed by atoms with van der Waals surface area (Å²) < 4.78 is 23.0. The van der Waals surface area contributed by atoms with Gasteiger partial charge in [-0.1, -0.05) is 19.1 Å². The van der Waals surface area contributed by atoms with Crippen molar-refractivity contribution in [2.75, 3.05) is 13.2 Å². The second-order valence-electron chi connectivity index (χ2n) is 5.93. The number of nitrogens with one attached hydrogen (secondary N) is 1. The summed E-state index contributed by atoms with van der Waals surface area (Å²) >= 11 is 0. The number of nitriles is 1. The molecule has 1 aromatic rings. The minimum Gasteiger partial charge on any atom is -0.480 e. The maximum atomic E-state index is 12.5. The Morgan fingerprint density at radius 2 is 1.78 bits per heavy atom. The lowest BCUT2D eigenvalue weighted by molar-refractivity contribution is -0.140. The molecule has 0 aliphatic rings. The van der Waals surface area contributed by atoms with Gasteiger partial charge in [0, 0.05) is 17.9 Å². The summed E-state index contributed by atoms with van der Waals surface area (Å²) in [4.78, 5) is 23.6. The molecule has 0 fully saturated rings. The Bertz CT molecular complexity index is 718. The highest BCUT2D eigenvalue weighted by Crippen LogP contribution is 2.51. The van der Waals surface area contributed by atoms with Gasteiger partial charge in [0.1, 0.15) is 6.04 Å². The van der Waals surface area contributed by atoms with Gasteiger partial charge in [0.15, 0.2) is 0 Å². The van der Waals surface area contributed by atoms with E-state index in [1.807, 2.05) is 6.07 Å². The van der Waals surface area contributed by atoms with Crippen LogP contribution in [0.2, 0.25) is 0 Å². The van der Waals surface area contributed by atoms with Crippen molar-refractivity contribution in [3.8, 4) is 6.07 Å². The molecule has 0 heterocycles. The second-order valence-corrected chi connectivity index (χ2v) is 7.98. The maximum Gasteiger partial charge on any atom is 0.335 e. The SMILES string of the molecule is CCOP(=O)(Cc1ccc(C(=O)N[C@@H](C(=O)O)[C@H](C)CC#N)cc1)OCC. The Hall–Kier alpha value is -2.20. The fourth-order valence-electron chi connectivity index (χ4n) is 2.44. The molecule has 8 nitrogen and oxygen atoms in total. The van der Waals surface area contributed by atoms with E-state index in [0.717, 1.165) is 0 Å². The molecule has 1 amide bonds. The van der Waals surface area contributed by atoms with E-state index in [1.54, 1.807) is 32.9 Å². The molecular weight excluding hydrogens is 371 g/mol. The van der Waals surface area contributed by atoms with E-state index in [9.17, 15) is 19.3 Å². The molecule has 0 radical (unpaired) electrons. The molecular formula is C18H25N2O6P. The van der Waals surface area contributed by atoms with Crippen molar-refractivity contribution in [3.63, 3.8) is 0 Å². The predicted octanol–water partition coefficient (Wildman–Crippen LogP) is 3.19. The van der Waals surface area contributed by atoms with E-state index in [4.69, 9.17) is 14.3 Å². The molecule has 0 aliphatic carbocycles. The fraction of sp³-hybridized carbons (Fsp3) is 0.500. The number of carbonyl (C=O) groups is 2. The largest absolute Gasteiger partial charge is 0.480 e. The number of amides is 1. The standard InChI is InChI=1S/C18H25N2O6P/c1-4-25-27(24,26-5-2)12-14-6-8-15(9-7-14)17(21)20-16(18(22)23)13(3)10-11-19/h6-9,13,16H,4-5,10,12H2,1-3H3,(H,20,21)(H,22,23)/t13-,16-/m1/s1. The molecule has 1 rings (SSSR count). The van der Waals surface area contributed by atoms with Crippen LogP contribution in [-0.2, 0) is 24.6 Å². The first-order valence-corrected chi connectivity index (χ1v) is 10.4. The second kappa shape index (κ2) is 10.8. The summed E-state index contributed by atoms with van der Waals surface area (Å²) in [6.07, 6.45) is 0.0911. The van der Waals surface area contributed by atoms with Gasteiger partial charge in [0.25, 0.3) is 5.91 Å². The third-order valence-electron chi connectivity index (χ3n) is 3.78. The van der Waals surface area contributed by atoms with Gasteiger partial charge < -0.3 is 19.5 Å². The van der Waals surface area contributed by atoms with Crippen LogP contribution in [0.5, 0.6) is 0 Å². The third-order valence-corrected chi connectivity index (χ3v) is 5.83. The van der Waals surface area contributed by atoms with Crippen LogP contribution >= 0.6 is 7.60 Å². The van der Waals surface area contributed by atoms with E-state index < -0.39 is 31.4 Å². The number of aliphatic carboxylic acids is 1. The van der Waals surface area contributed by atoms with Crippen LogP contribution < -0.4 is 5.32 Å². The number of nitrogens with zero attached hydrogens (tertiary/aromatic N) is 1. The van der Waals surface area contributed by atoms with Gasteiger partial charge in [0.05, 0.1) is 25.4 Å². The summed E-state index contributed by atoms with van der Waals surface area (Å²) in [5, 5.41) is 20.4. The van der Waals surface area contributed by atoms with E-state index in [1.165, 1.54) is 12.1 Å². The number of hydrogen-bond donors (Lipinski definition) is 2.